The van der Waals surface area contributed by atoms with E-state index in [1.165, 1.54) is 38.5 Å². The summed E-state index contributed by atoms with van der Waals surface area (Å²) < 4.78 is 25.4. The standard InChI is InChI=1S/C43H60O12P4/c1-2-3-4-5-6-7-8-9-10-11-12-25-34-42(54-58(48)49,37-28-19-14-20-29-37)41(35-52-56(44)45,40(53-57(46)47)36-26-17-13-18-27-36)43(55-59(50)51,38-30-21-15-22-31-38)39-32-23-16-24-33-39/h13-24,26-33,40,44-51H,2-12,25,34-35H2,1H3. The van der Waals surface area contributed by atoms with Gasteiger partial charge in [-0.3, -0.25) is 4.52 Å². The first kappa shape index (κ1) is 49.8. The van der Waals surface area contributed by atoms with Crippen molar-refractivity contribution in [3.8, 4) is 0 Å². The SMILES string of the molecule is CCCCCCCCCCCCCCC(OP(O)O)(c1ccccc1)C(COP(O)O)(C(OP(O)O)c1ccccc1)C(OP(O)O)(c1ccccc1)c1ccccc1. The molecule has 4 rings (SSSR count). The van der Waals surface area contributed by atoms with Gasteiger partial charge in [-0.1, -0.05) is 205 Å². The molecule has 0 aromatic heterocycles. The first-order chi connectivity index (χ1) is 28.5. The van der Waals surface area contributed by atoms with E-state index in [1.807, 2.05) is 0 Å². The van der Waals surface area contributed by atoms with Crippen LogP contribution in [0.25, 0.3) is 0 Å². The molecule has 0 bridgehead atoms. The summed E-state index contributed by atoms with van der Waals surface area (Å²) in [5.74, 6) is 0. The van der Waals surface area contributed by atoms with Crippen LogP contribution in [0.15, 0.2) is 121 Å². The molecular formula is C43H60O12P4. The Bertz CT molecular complexity index is 1660. The third-order valence-corrected chi connectivity index (χ3v) is 12.6. The molecule has 0 aliphatic heterocycles. The van der Waals surface area contributed by atoms with Crippen LogP contribution in [0.1, 0.15) is 119 Å². The quantitative estimate of drug-likeness (QED) is 0.0190. The average Bonchev–Trinajstić information content (AvgIpc) is 3.23. The lowest BCUT2D eigenvalue weighted by atomic mass is 9.51. The van der Waals surface area contributed by atoms with E-state index in [1.54, 1.807) is 121 Å². The second-order valence-electron chi connectivity index (χ2n) is 14.6. The van der Waals surface area contributed by atoms with Crippen molar-refractivity contribution in [2.75, 3.05) is 6.61 Å². The Balaban J connectivity index is 2.09. The van der Waals surface area contributed by atoms with Crippen LogP contribution in [0.2, 0.25) is 0 Å². The molecule has 3 unspecified atom stereocenters. The molecule has 4 aromatic carbocycles. The van der Waals surface area contributed by atoms with Crippen LogP contribution < -0.4 is 0 Å². The minimum atomic E-state index is -3.33. The van der Waals surface area contributed by atoms with E-state index in [0.29, 0.717) is 24.0 Å². The van der Waals surface area contributed by atoms with Crippen LogP contribution in [-0.4, -0.2) is 45.8 Å². The van der Waals surface area contributed by atoms with Crippen molar-refractivity contribution in [2.24, 2.45) is 5.41 Å². The Labute approximate surface area is 353 Å². The molecule has 4 aromatic rings. The van der Waals surface area contributed by atoms with Gasteiger partial charge < -0.3 is 52.7 Å². The third-order valence-electron chi connectivity index (χ3n) is 10.9. The number of unbranched alkanes of at least 4 members (excludes halogenated alkanes) is 11. The van der Waals surface area contributed by atoms with Gasteiger partial charge in [-0.25, -0.2) is 0 Å². The predicted molar refractivity (Wildman–Crippen MR) is 234 cm³/mol. The van der Waals surface area contributed by atoms with Crippen LogP contribution in [0, 0.1) is 5.41 Å². The predicted octanol–water partition coefficient (Wildman–Crippen LogP) is 10.6. The summed E-state index contributed by atoms with van der Waals surface area (Å²) in [6.45, 7) is 1.40. The van der Waals surface area contributed by atoms with Crippen molar-refractivity contribution in [1.29, 1.82) is 0 Å². The lowest BCUT2D eigenvalue weighted by Gasteiger charge is -2.61. The Morgan fingerprint density at radius 1 is 0.458 bits per heavy atom. The number of rotatable bonds is 29. The van der Waals surface area contributed by atoms with Crippen molar-refractivity contribution in [3.05, 3.63) is 144 Å². The van der Waals surface area contributed by atoms with Crippen LogP contribution in [0.5, 0.6) is 0 Å². The minimum Gasteiger partial charge on any atom is -0.328 e. The zero-order chi connectivity index (χ0) is 42.6. The molecule has 324 valence electrons. The second-order valence-corrected chi connectivity index (χ2v) is 17.4. The van der Waals surface area contributed by atoms with Crippen molar-refractivity contribution in [2.45, 2.75) is 108 Å². The highest BCUT2D eigenvalue weighted by Crippen LogP contribution is 2.71. The molecule has 12 nitrogen and oxygen atoms in total. The zero-order valence-corrected chi connectivity index (χ0v) is 37.1. The summed E-state index contributed by atoms with van der Waals surface area (Å²) in [4.78, 5) is 87.9. The molecule has 0 aliphatic rings. The van der Waals surface area contributed by atoms with E-state index < -0.39 is 63.7 Å². The smallest absolute Gasteiger partial charge is 0.328 e. The molecule has 0 aliphatic carbocycles. The molecule has 0 spiro atoms. The zero-order valence-electron chi connectivity index (χ0n) is 33.5. The fraction of sp³-hybridized carbons (Fsp3) is 0.442. The summed E-state index contributed by atoms with van der Waals surface area (Å²) >= 11 is 0. The maximum Gasteiger partial charge on any atom is 0.328 e. The van der Waals surface area contributed by atoms with Crippen LogP contribution in [-0.2, 0) is 29.3 Å². The number of hydrogen-bond donors (Lipinski definition) is 8. The van der Waals surface area contributed by atoms with Crippen molar-refractivity contribution >= 4 is 34.4 Å². The number of hydrogen-bond acceptors (Lipinski definition) is 12. The summed E-state index contributed by atoms with van der Waals surface area (Å²) in [5.41, 5.74) is -5.43. The first-order valence-electron chi connectivity index (χ1n) is 20.1. The molecule has 0 fully saturated rings. The number of benzene rings is 4. The largest absolute Gasteiger partial charge is 0.328 e. The van der Waals surface area contributed by atoms with E-state index in [0.717, 1.165) is 25.7 Å². The Morgan fingerprint density at radius 2 is 0.864 bits per heavy atom. The van der Waals surface area contributed by atoms with Gasteiger partial charge in [0.15, 0.2) is 0 Å². The van der Waals surface area contributed by atoms with E-state index >= 15 is 0 Å². The molecule has 0 heterocycles. The molecule has 59 heavy (non-hydrogen) atoms. The van der Waals surface area contributed by atoms with Crippen LogP contribution >= 0.6 is 34.4 Å². The summed E-state index contributed by atoms with van der Waals surface area (Å²) in [7, 11) is -13.1. The van der Waals surface area contributed by atoms with Crippen LogP contribution in [0.4, 0.5) is 0 Å². The molecule has 0 saturated heterocycles. The highest BCUT2D eigenvalue weighted by Gasteiger charge is 2.73. The van der Waals surface area contributed by atoms with Gasteiger partial charge in [-0.15, -0.1) is 0 Å². The first-order valence-corrected chi connectivity index (χ1v) is 24.8. The van der Waals surface area contributed by atoms with Gasteiger partial charge >= 0.3 is 34.4 Å². The Morgan fingerprint density at radius 3 is 1.27 bits per heavy atom. The van der Waals surface area contributed by atoms with E-state index in [9.17, 15) is 39.1 Å². The maximum atomic E-state index is 11.2. The fourth-order valence-corrected chi connectivity index (χ4v) is 10.6. The fourth-order valence-electron chi connectivity index (χ4n) is 8.49. The topological polar surface area (TPSA) is 199 Å². The molecule has 16 heteroatoms. The van der Waals surface area contributed by atoms with E-state index in [2.05, 4.69) is 6.92 Å². The normalized spacial score (nSPS) is 14.9. The molecule has 0 radical (unpaired) electrons. The van der Waals surface area contributed by atoms with Gasteiger partial charge in [-0.2, -0.15) is 0 Å². The highest BCUT2D eigenvalue weighted by atomic mass is 31.2. The van der Waals surface area contributed by atoms with Crippen LogP contribution in [0.3, 0.4) is 0 Å². The Kier molecular flexibility index (Phi) is 21.9. The van der Waals surface area contributed by atoms with E-state index in [4.69, 9.17) is 18.1 Å². The van der Waals surface area contributed by atoms with Crippen molar-refractivity contribution in [3.63, 3.8) is 0 Å². The molecule has 0 amide bonds. The highest BCUT2D eigenvalue weighted by molar-refractivity contribution is 7.40. The summed E-state index contributed by atoms with van der Waals surface area (Å²) in [6, 6.07) is 34.1. The Hall–Kier alpha value is -1.88. The molecule has 0 saturated carbocycles. The molecule has 8 N–H and O–H groups in total. The lowest BCUT2D eigenvalue weighted by molar-refractivity contribution is -0.235. The average molecular weight is 893 g/mol. The third kappa shape index (κ3) is 13.3. The second kappa shape index (κ2) is 25.9. The van der Waals surface area contributed by atoms with Gasteiger partial charge in [0.25, 0.3) is 0 Å². The van der Waals surface area contributed by atoms with Crippen molar-refractivity contribution < 1.29 is 57.2 Å². The van der Waals surface area contributed by atoms with Crippen molar-refractivity contribution in [1.82, 2.24) is 0 Å². The van der Waals surface area contributed by atoms with Gasteiger partial charge in [-0.05, 0) is 28.7 Å². The lowest BCUT2D eigenvalue weighted by Crippen LogP contribution is -2.65. The monoisotopic (exact) mass is 892 g/mol. The van der Waals surface area contributed by atoms with Gasteiger partial charge in [0.05, 0.1) is 12.0 Å². The summed E-state index contributed by atoms with van der Waals surface area (Å²) in [6.07, 6.45) is 10.9. The van der Waals surface area contributed by atoms with Gasteiger partial charge in [0.2, 0.25) is 0 Å². The summed E-state index contributed by atoms with van der Waals surface area (Å²) in [5, 5.41) is 0. The molecule has 3 atom stereocenters. The molecular weight excluding hydrogens is 832 g/mol. The minimum absolute atomic E-state index is 0.0203. The van der Waals surface area contributed by atoms with Gasteiger partial charge in [0, 0.05) is 0 Å². The maximum absolute atomic E-state index is 11.2. The van der Waals surface area contributed by atoms with Gasteiger partial charge in [0.1, 0.15) is 17.3 Å². The van der Waals surface area contributed by atoms with E-state index in [-0.39, 0.29) is 17.5 Å².